The standard InChI is InChI=1S/C13H25NO2/c1-10-5-6-13(16-10)8-14-7-11-3-2-4-12(11)9-15/h10-15H,2-9H2,1H3. The van der Waals surface area contributed by atoms with E-state index in [0.717, 1.165) is 13.1 Å². The van der Waals surface area contributed by atoms with Gasteiger partial charge in [0.15, 0.2) is 0 Å². The van der Waals surface area contributed by atoms with Gasteiger partial charge in [-0.25, -0.2) is 0 Å². The zero-order chi connectivity index (χ0) is 11.4. The van der Waals surface area contributed by atoms with Crippen LogP contribution in [0.3, 0.4) is 0 Å². The second-order valence-corrected chi connectivity index (χ2v) is 5.44. The molecule has 16 heavy (non-hydrogen) atoms. The Morgan fingerprint density at radius 2 is 1.94 bits per heavy atom. The van der Waals surface area contributed by atoms with E-state index in [1.165, 1.54) is 32.1 Å². The van der Waals surface area contributed by atoms with Crippen molar-refractivity contribution < 1.29 is 9.84 Å². The van der Waals surface area contributed by atoms with Crippen molar-refractivity contribution in [3.05, 3.63) is 0 Å². The van der Waals surface area contributed by atoms with Crippen LogP contribution in [-0.4, -0.2) is 37.0 Å². The van der Waals surface area contributed by atoms with E-state index < -0.39 is 0 Å². The average Bonchev–Trinajstić information content (AvgIpc) is 2.87. The summed E-state index contributed by atoms with van der Waals surface area (Å²) in [6.07, 6.45) is 7.04. The van der Waals surface area contributed by atoms with Gasteiger partial charge in [0.2, 0.25) is 0 Å². The maximum absolute atomic E-state index is 9.23. The summed E-state index contributed by atoms with van der Waals surface area (Å²) in [5, 5.41) is 12.7. The Labute approximate surface area is 98.6 Å². The highest BCUT2D eigenvalue weighted by Gasteiger charge is 2.27. The molecule has 0 amide bonds. The zero-order valence-corrected chi connectivity index (χ0v) is 10.3. The summed E-state index contributed by atoms with van der Waals surface area (Å²) in [5.41, 5.74) is 0. The highest BCUT2D eigenvalue weighted by atomic mass is 16.5. The Kier molecular flexibility index (Phi) is 4.62. The van der Waals surface area contributed by atoms with Gasteiger partial charge in [0.1, 0.15) is 0 Å². The zero-order valence-electron chi connectivity index (χ0n) is 10.3. The van der Waals surface area contributed by atoms with E-state index in [4.69, 9.17) is 4.74 Å². The number of aliphatic hydroxyl groups is 1. The second-order valence-electron chi connectivity index (χ2n) is 5.44. The second kappa shape index (κ2) is 5.99. The topological polar surface area (TPSA) is 41.5 Å². The van der Waals surface area contributed by atoms with E-state index in [2.05, 4.69) is 12.2 Å². The molecule has 1 saturated heterocycles. The number of ether oxygens (including phenoxy) is 1. The van der Waals surface area contributed by atoms with E-state index in [9.17, 15) is 5.11 Å². The molecule has 0 aromatic carbocycles. The van der Waals surface area contributed by atoms with Crippen molar-refractivity contribution in [3.63, 3.8) is 0 Å². The normalized spacial score (nSPS) is 39.4. The molecular weight excluding hydrogens is 202 g/mol. The lowest BCUT2D eigenvalue weighted by molar-refractivity contribution is 0.0549. The minimum Gasteiger partial charge on any atom is -0.396 e. The lowest BCUT2D eigenvalue weighted by Crippen LogP contribution is -2.32. The fourth-order valence-corrected chi connectivity index (χ4v) is 3.09. The Bertz CT molecular complexity index is 210. The van der Waals surface area contributed by atoms with Gasteiger partial charge >= 0.3 is 0 Å². The number of hydrogen-bond acceptors (Lipinski definition) is 3. The molecule has 0 aromatic heterocycles. The summed E-state index contributed by atoms with van der Waals surface area (Å²) in [5.74, 6) is 1.22. The third-order valence-electron chi connectivity index (χ3n) is 4.15. The van der Waals surface area contributed by atoms with Gasteiger partial charge in [0.25, 0.3) is 0 Å². The summed E-state index contributed by atoms with van der Waals surface area (Å²) < 4.78 is 5.77. The van der Waals surface area contributed by atoms with E-state index in [0.29, 0.717) is 30.7 Å². The first-order valence-electron chi connectivity index (χ1n) is 6.76. The third-order valence-corrected chi connectivity index (χ3v) is 4.15. The third kappa shape index (κ3) is 3.19. The predicted molar refractivity (Wildman–Crippen MR) is 64.4 cm³/mol. The summed E-state index contributed by atoms with van der Waals surface area (Å²) in [4.78, 5) is 0. The van der Waals surface area contributed by atoms with Crippen LogP contribution in [0, 0.1) is 11.8 Å². The van der Waals surface area contributed by atoms with Crippen molar-refractivity contribution in [1.29, 1.82) is 0 Å². The van der Waals surface area contributed by atoms with E-state index in [1.54, 1.807) is 0 Å². The average molecular weight is 227 g/mol. The molecule has 1 aliphatic carbocycles. The molecular formula is C13H25NO2. The molecule has 0 radical (unpaired) electrons. The first-order chi connectivity index (χ1) is 7.79. The van der Waals surface area contributed by atoms with Gasteiger partial charge < -0.3 is 15.2 Å². The fourth-order valence-electron chi connectivity index (χ4n) is 3.09. The molecule has 2 rings (SSSR count). The smallest absolute Gasteiger partial charge is 0.0704 e. The predicted octanol–water partition coefficient (Wildman–Crippen LogP) is 1.55. The summed E-state index contributed by atoms with van der Waals surface area (Å²) in [6.45, 7) is 4.56. The van der Waals surface area contributed by atoms with Crippen molar-refractivity contribution >= 4 is 0 Å². The molecule has 3 heteroatoms. The Balaban J connectivity index is 1.60. The van der Waals surface area contributed by atoms with E-state index in [-0.39, 0.29) is 0 Å². The van der Waals surface area contributed by atoms with Gasteiger partial charge in [0, 0.05) is 13.2 Å². The summed E-state index contributed by atoms with van der Waals surface area (Å²) >= 11 is 0. The number of aliphatic hydroxyl groups excluding tert-OH is 1. The molecule has 3 nitrogen and oxygen atoms in total. The molecule has 2 aliphatic rings. The molecule has 0 spiro atoms. The first kappa shape index (κ1) is 12.3. The monoisotopic (exact) mass is 227 g/mol. The van der Waals surface area contributed by atoms with Crippen LogP contribution in [0.1, 0.15) is 39.0 Å². The SMILES string of the molecule is CC1CCC(CNCC2CCCC2CO)O1. The van der Waals surface area contributed by atoms with Crippen LogP contribution < -0.4 is 5.32 Å². The van der Waals surface area contributed by atoms with Gasteiger partial charge in [-0.3, -0.25) is 0 Å². The van der Waals surface area contributed by atoms with Crippen molar-refractivity contribution in [2.24, 2.45) is 11.8 Å². The molecule has 1 aliphatic heterocycles. The van der Waals surface area contributed by atoms with Crippen LogP contribution in [0.4, 0.5) is 0 Å². The maximum Gasteiger partial charge on any atom is 0.0704 e. The molecule has 2 fully saturated rings. The van der Waals surface area contributed by atoms with Gasteiger partial charge in [-0.2, -0.15) is 0 Å². The largest absolute Gasteiger partial charge is 0.396 e. The molecule has 2 N–H and O–H groups in total. The Hall–Kier alpha value is -0.120. The molecule has 1 heterocycles. The molecule has 0 aromatic rings. The summed E-state index contributed by atoms with van der Waals surface area (Å²) in [7, 11) is 0. The lowest BCUT2D eigenvalue weighted by Gasteiger charge is -2.19. The molecule has 1 saturated carbocycles. The number of rotatable bonds is 5. The quantitative estimate of drug-likeness (QED) is 0.749. The number of nitrogens with one attached hydrogen (secondary N) is 1. The highest BCUT2D eigenvalue weighted by Crippen LogP contribution is 2.30. The van der Waals surface area contributed by atoms with Crippen molar-refractivity contribution in [2.75, 3.05) is 19.7 Å². The van der Waals surface area contributed by atoms with Gasteiger partial charge in [-0.05, 0) is 51.0 Å². The van der Waals surface area contributed by atoms with Gasteiger partial charge in [0.05, 0.1) is 12.2 Å². The van der Waals surface area contributed by atoms with Gasteiger partial charge in [-0.1, -0.05) is 6.42 Å². The van der Waals surface area contributed by atoms with Crippen LogP contribution in [0.15, 0.2) is 0 Å². The Morgan fingerprint density at radius 1 is 1.12 bits per heavy atom. The minimum absolute atomic E-state index is 0.364. The molecule has 0 bridgehead atoms. The Morgan fingerprint density at radius 3 is 2.62 bits per heavy atom. The first-order valence-corrected chi connectivity index (χ1v) is 6.76. The maximum atomic E-state index is 9.23. The molecule has 4 atom stereocenters. The van der Waals surface area contributed by atoms with Crippen LogP contribution in [0.2, 0.25) is 0 Å². The number of hydrogen-bond donors (Lipinski definition) is 2. The molecule has 94 valence electrons. The lowest BCUT2D eigenvalue weighted by atomic mass is 9.97. The van der Waals surface area contributed by atoms with Crippen molar-refractivity contribution in [2.45, 2.75) is 51.2 Å². The van der Waals surface area contributed by atoms with E-state index in [1.807, 2.05) is 0 Å². The van der Waals surface area contributed by atoms with Gasteiger partial charge in [-0.15, -0.1) is 0 Å². The summed E-state index contributed by atoms with van der Waals surface area (Å²) in [6, 6.07) is 0. The van der Waals surface area contributed by atoms with Crippen molar-refractivity contribution in [1.82, 2.24) is 5.32 Å². The molecule has 4 unspecified atom stereocenters. The van der Waals surface area contributed by atoms with Crippen LogP contribution >= 0.6 is 0 Å². The van der Waals surface area contributed by atoms with Crippen LogP contribution in [0.5, 0.6) is 0 Å². The fraction of sp³-hybridized carbons (Fsp3) is 1.00. The van der Waals surface area contributed by atoms with Crippen molar-refractivity contribution in [3.8, 4) is 0 Å². The van der Waals surface area contributed by atoms with Crippen LogP contribution in [-0.2, 0) is 4.74 Å². The highest BCUT2D eigenvalue weighted by molar-refractivity contribution is 4.80. The van der Waals surface area contributed by atoms with Crippen LogP contribution in [0.25, 0.3) is 0 Å². The minimum atomic E-state index is 0.364. The van der Waals surface area contributed by atoms with E-state index >= 15 is 0 Å².